The van der Waals surface area contributed by atoms with E-state index in [2.05, 4.69) is 12.1 Å². The fourth-order valence-corrected chi connectivity index (χ4v) is 2.61. The monoisotopic (exact) mass is 267 g/mol. The third-order valence-electron chi connectivity index (χ3n) is 3.80. The minimum Gasteiger partial charge on any atom is -0.465 e. The van der Waals surface area contributed by atoms with E-state index < -0.39 is 0 Å². The molecule has 0 radical (unpaired) electrons. The Kier molecular flexibility index (Phi) is 3.42. The van der Waals surface area contributed by atoms with Crippen molar-refractivity contribution in [3.05, 3.63) is 65.2 Å². The lowest BCUT2D eigenvalue weighted by Crippen LogP contribution is -2.23. The van der Waals surface area contributed by atoms with Crippen LogP contribution in [0.25, 0.3) is 0 Å². The molecule has 0 amide bonds. The van der Waals surface area contributed by atoms with Gasteiger partial charge in [-0.2, -0.15) is 0 Å². The summed E-state index contributed by atoms with van der Waals surface area (Å²) in [6, 6.07) is 15.7. The number of nitrogen functional groups attached to an aromatic ring is 1. The zero-order chi connectivity index (χ0) is 13.9. The third kappa shape index (κ3) is 2.52. The number of para-hydroxylation sites is 1. The van der Waals surface area contributed by atoms with Crippen LogP contribution >= 0.6 is 0 Å². The standard InChI is InChI=1S/C17H17NO2/c18-16-8-4-2-6-13(16)10-17(19)20-11-14-9-12-5-1-3-7-15(12)14/h1-8,14H,9-11,18H2. The number of rotatable bonds is 4. The van der Waals surface area contributed by atoms with Gasteiger partial charge in [0.15, 0.2) is 0 Å². The Labute approximate surface area is 118 Å². The first-order chi connectivity index (χ1) is 9.74. The molecule has 1 unspecified atom stereocenters. The first-order valence-corrected chi connectivity index (χ1v) is 6.81. The van der Waals surface area contributed by atoms with Crippen molar-refractivity contribution in [2.24, 2.45) is 0 Å². The lowest BCUT2D eigenvalue weighted by Gasteiger charge is -2.29. The largest absolute Gasteiger partial charge is 0.465 e. The van der Waals surface area contributed by atoms with Crippen LogP contribution in [0.15, 0.2) is 48.5 Å². The highest BCUT2D eigenvalue weighted by Crippen LogP contribution is 2.34. The summed E-state index contributed by atoms with van der Waals surface area (Å²) in [5.74, 6) is 0.135. The summed E-state index contributed by atoms with van der Waals surface area (Å²) >= 11 is 0. The zero-order valence-electron chi connectivity index (χ0n) is 11.2. The topological polar surface area (TPSA) is 52.3 Å². The highest BCUT2D eigenvalue weighted by molar-refractivity contribution is 5.74. The number of anilines is 1. The molecule has 0 saturated heterocycles. The van der Waals surface area contributed by atoms with Crippen LogP contribution in [0.2, 0.25) is 0 Å². The van der Waals surface area contributed by atoms with Gasteiger partial charge in [-0.15, -0.1) is 0 Å². The molecule has 0 spiro atoms. The Morgan fingerprint density at radius 3 is 2.70 bits per heavy atom. The quantitative estimate of drug-likeness (QED) is 0.684. The van der Waals surface area contributed by atoms with Gasteiger partial charge in [0.1, 0.15) is 0 Å². The van der Waals surface area contributed by atoms with Crippen LogP contribution in [0.4, 0.5) is 5.69 Å². The van der Waals surface area contributed by atoms with Crippen molar-refractivity contribution in [1.82, 2.24) is 0 Å². The third-order valence-corrected chi connectivity index (χ3v) is 3.80. The highest BCUT2D eigenvalue weighted by atomic mass is 16.5. The molecule has 2 aromatic carbocycles. The molecule has 0 saturated carbocycles. The normalized spacial score (nSPS) is 16.1. The number of esters is 1. The zero-order valence-corrected chi connectivity index (χ0v) is 11.2. The molecule has 0 aromatic heterocycles. The number of fused-ring (bicyclic) bond motifs is 1. The van der Waals surface area contributed by atoms with Crippen molar-refractivity contribution >= 4 is 11.7 Å². The van der Waals surface area contributed by atoms with Crippen molar-refractivity contribution in [3.8, 4) is 0 Å². The first-order valence-electron chi connectivity index (χ1n) is 6.81. The van der Waals surface area contributed by atoms with E-state index in [1.54, 1.807) is 6.07 Å². The van der Waals surface area contributed by atoms with E-state index in [4.69, 9.17) is 10.5 Å². The molecule has 0 heterocycles. The molecule has 20 heavy (non-hydrogen) atoms. The Morgan fingerprint density at radius 1 is 1.15 bits per heavy atom. The maximum absolute atomic E-state index is 11.8. The molecule has 3 nitrogen and oxygen atoms in total. The van der Waals surface area contributed by atoms with Crippen LogP contribution < -0.4 is 5.73 Å². The van der Waals surface area contributed by atoms with Crippen molar-refractivity contribution in [3.63, 3.8) is 0 Å². The summed E-state index contributed by atoms with van der Waals surface area (Å²) in [5, 5.41) is 0. The lowest BCUT2D eigenvalue weighted by molar-refractivity contribution is -0.143. The number of hydrogen-bond donors (Lipinski definition) is 1. The van der Waals surface area contributed by atoms with Gasteiger partial charge in [0.2, 0.25) is 0 Å². The molecule has 3 heteroatoms. The van der Waals surface area contributed by atoms with Crippen LogP contribution in [-0.2, 0) is 22.4 Å². The average molecular weight is 267 g/mol. The fraction of sp³-hybridized carbons (Fsp3) is 0.235. The molecule has 1 atom stereocenters. The number of hydrogen-bond acceptors (Lipinski definition) is 3. The summed E-state index contributed by atoms with van der Waals surface area (Å²) in [6.45, 7) is 0.461. The molecular formula is C17H17NO2. The summed E-state index contributed by atoms with van der Waals surface area (Å²) in [7, 11) is 0. The highest BCUT2D eigenvalue weighted by Gasteiger charge is 2.26. The van der Waals surface area contributed by atoms with Crippen LogP contribution in [0.3, 0.4) is 0 Å². The number of carbonyl (C=O) groups excluding carboxylic acids is 1. The Hall–Kier alpha value is -2.29. The second-order valence-corrected chi connectivity index (χ2v) is 5.16. The van der Waals surface area contributed by atoms with E-state index >= 15 is 0 Å². The maximum atomic E-state index is 11.8. The van der Waals surface area contributed by atoms with Gasteiger partial charge in [-0.25, -0.2) is 0 Å². The van der Waals surface area contributed by atoms with Crippen LogP contribution in [0.5, 0.6) is 0 Å². The van der Waals surface area contributed by atoms with Crippen molar-refractivity contribution in [2.45, 2.75) is 18.8 Å². The summed E-state index contributed by atoms with van der Waals surface area (Å²) in [5.41, 5.74) is 9.95. The van der Waals surface area contributed by atoms with E-state index in [1.165, 1.54) is 11.1 Å². The second-order valence-electron chi connectivity index (χ2n) is 5.16. The fourth-order valence-electron chi connectivity index (χ4n) is 2.61. The molecule has 0 aliphatic heterocycles. The average Bonchev–Trinajstić information content (AvgIpc) is 2.42. The maximum Gasteiger partial charge on any atom is 0.310 e. The predicted octanol–water partition coefficient (Wildman–Crippen LogP) is 2.69. The molecule has 3 rings (SSSR count). The lowest BCUT2D eigenvalue weighted by atomic mass is 9.78. The van der Waals surface area contributed by atoms with Gasteiger partial charge in [0.25, 0.3) is 0 Å². The Balaban J connectivity index is 1.53. The molecule has 2 aromatic rings. The van der Waals surface area contributed by atoms with Gasteiger partial charge in [0.05, 0.1) is 13.0 Å². The van der Waals surface area contributed by atoms with E-state index in [1.807, 2.05) is 30.3 Å². The van der Waals surface area contributed by atoms with Crippen molar-refractivity contribution < 1.29 is 9.53 Å². The minimum atomic E-state index is -0.215. The van der Waals surface area contributed by atoms with Gasteiger partial charge in [-0.05, 0) is 29.2 Å². The van der Waals surface area contributed by atoms with E-state index in [-0.39, 0.29) is 12.4 Å². The van der Waals surface area contributed by atoms with Gasteiger partial charge < -0.3 is 10.5 Å². The van der Waals surface area contributed by atoms with E-state index in [0.29, 0.717) is 18.2 Å². The minimum absolute atomic E-state index is 0.215. The van der Waals surface area contributed by atoms with E-state index in [9.17, 15) is 4.79 Å². The smallest absolute Gasteiger partial charge is 0.310 e. The molecule has 0 fully saturated rings. The molecule has 0 bridgehead atoms. The van der Waals surface area contributed by atoms with Crippen LogP contribution in [0.1, 0.15) is 22.6 Å². The number of benzene rings is 2. The molecule has 1 aliphatic carbocycles. The Bertz CT molecular complexity index is 636. The molecule has 2 N–H and O–H groups in total. The van der Waals surface area contributed by atoms with Crippen molar-refractivity contribution in [2.75, 3.05) is 12.3 Å². The summed E-state index contributed by atoms with van der Waals surface area (Å²) in [6.07, 6.45) is 1.23. The molecular weight excluding hydrogens is 250 g/mol. The number of carbonyl (C=O) groups is 1. The van der Waals surface area contributed by atoms with Crippen molar-refractivity contribution in [1.29, 1.82) is 0 Å². The molecule has 1 aliphatic rings. The summed E-state index contributed by atoms with van der Waals surface area (Å²) < 4.78 is 5.37. The summed E-state index contributed by atoms with van der Waals surface area (Å²) in [4.78, 5) is 11.8. The van der Waals surface area contributed by atoms with Gasteiger partial charge in [-0.1, -0.05) is 42.5 Å². The van der Waals surface area contributed by atoms with Gasteiger partial charge >= 0.3 is 5.97 Å². The Morgan fingerprint density at radius 2 is 1.90 bits per heavy atom. The SMILES string of the molecule is Nc1ccccc1CC(=O)OCC1Cc2ccccc21. The predicted molar refractivity (Wildman–Crippen MR) is 78.4 cm³/mol. The van der Waals surface area contributed by atoms with Crippen LogP contribution in [0, 0.1) is 0 Å². The van der Waals surface area contributed by atoms with E-state index in [0.717, 1.165) is 12.0 Å². The first kappa shape index (κ1) is 12.7. The number of nitrogens with two attached hydrogens (primary N) is 1. The van der Waals surface area contributed by atoms with Gasteiger partial charge in [-0.3, -0.25) is 4.79 Å². The van der Waals surface area contributed by atoms with Gasteiger partial charge in [0, 0.05) is 11.6 Å². The van der Waals surface area contributed by atoms with Crippen LogP contribution in [-0.4, -0.2) is 12.6 Å². The number of ether oxygens (including phenoxy) is 1. The molecule has 102 valence electrons. The second kappa shape index (κ2) is 5.37.